The Morgan fingerprint density at radius 3 is 2.54 bits per heavy atom. The van der Waals surface area contributed by atoms with E-state index < -0.39 is 22.2 Å². The predicted octanol–water partition coefficient (Wildman–Crippen LogP) is 2.10. The Hall–Kier alpha value is -2.97. The van der Waals surface area contributed by atoms with E-state index in [2.05, 4.69) is 6.07 Å². The van der Waals surface area contributed by atoms with Gasteiger partial charge in [0.15, 0.2) is 0 Å². The second kappa shape index (κ2) is 11.2. The van der Waals surface area contributed by atoms with Crippen molar-refractivity contribution in [3.05, 3.63) is 48.0 Å². The molecule has 1 amide bonds. The van der Waals surface area contributed by atoms with Crippen LogP contribution in [0.4, 0.5) is 0 Å². The minimum Gasteiger partial charge on any atom is -0.487 e. The maximum atomic E-state index is 13.6. The number of sulfonamides is 1. The first-order valence-electron chi connectivity index (χ1n) is 11.3. The van der Waals surface area contributed by atoms with Gasteiger partial charge in [-0.1, -0.05) is 25.1 Å². The van der Waals surface area contributed by atoms with Gasteiger partial charge in [0.25, 0.3) is 0 Å². The molecule has 0 saturated heterocycles. The highest BCUT2D eigenvalue weighted by atomic mass is 32.2. The fourth-order valence-electron chi connectivity index (χ4n) is 3.97. The summed E-state index contributed by atoms with van der Waals surface area (Å²) >= 11 is 0. The van der Waals surface area contributed by atoms with Gasteiger partial charge in [0.05, 0.1) is 24.8 Å². The molecule has 1 aliphatic heterocycles. The van der Waals surface area contributed by atoms with E-state index in [0.717, 1.165) is 11.1 Å². The van der Waals surface area contributed by atoms with Gasteiger partial charge in [-0.15, -0.1) is 0 Å². The van der Waals surface area contributed by atoms with E-state index in [-0.39, 0.29) is 48.8 Å². The molecule has 0 radical (unpaired) electrons. The van der Waals surface area contributed by atoms with E-state index in [1.54, 1.807) is 50.4 Å². The number of carbonyl (C=O) groups excluding carboxylic acids is 1. The lowest BCUT2D eigenvalue weighted by Crippen LogP contribution is -2.50. The number of hydrogen-bond donors (Lipinski definition) is 1. The Bertz CT molecular complexity index is 1190. The molecule has 0 bridgehead atoms. The van der Waals surface area contributed by atoms with Crippen molar-refractivity contribution < 1.29 is 27.8 Å². The Morgan fingerprint density at radius 1 is 1.29 bits per heavy atom. The number of methoxy groups -OCH3 is 1. The van der Waals surface area contributed by atoms with Crippen LogP contribution in [0.1, 0.15) is 19.4 Å². The van der Waals surface area contributed by atoms with E-state index in [9.17, 15) is 18.3 Å². The third-order valence-electron chi connectivity index (χ3n) is 6.16. The van der Waals surface area contributed by atoms with Gasteiger partial charge in [0.2, 0.25) is 15.9 Å². The van der Waals surface area contributed by atoms with Crippen LogP contribution in [0.5, 0.6) is 5.75 Å². The Balaban J connectivity index is 2.09. The Kier molecular flexibility index (Phi) is 8.51. The van der Waals surface area contributed by atoms with Gasteiger partial charge in [-0.2, -0.15) is 9.57 Å². The highest BCUT2D eigenvalue weighted by molar-refractivity contribution is 7.89. The lowest BCUT2D eigenvalue weighted by atomic mass is 10.0. The van der Waals surface area contributed by atoms with Gasteiger partial charge in [-0.3, -0.25) is 4.79 Å². The monoisotopic (exact) mass is 501 g/mol. The zero-order valence-corrected chi connectivity index (χ0v) is 21.2. The minimum absolute atomic E-state index is 0.00188. The van der Waals surface area contributed by atoms with Crippen LogP contribution < -0.4 is 4.74 Å². The quantitative estimate of drug-likeness (QED) is 0.617. The molecule has 0 aliphatic carbocycles. The van der Waals surface area contributed by atoms with Crippen molar-refractivity contribution in [3.8, 4) is 22.9 Å². The lowest BCUT2D eigenvalue weighted by Gasteiger charge is -2.37. The molecule has 10 heteroatoms. The Morgan fingerprint density at radius 2 is 1.94 bits per heavy atom. The summed E-state index contributed by atoms with van der Waals surface area (Å²) in [5.74, 6) is -0.334. The number of carbonyl (C=O) groups is 1. The van der Waals surface area contributed by atoms with Gasteiger partial charge < -0.3 is 19.5 Å². The summed E-state index contributed by atoms with van der Waals surface area (Å²) in [6.07, 6.45) is -0.514. The number of nitriles is 1. The van der Waals surface area contributed by atoms with Crippen molar-refractivity contribution in [1.29, 1.82) is 5.26 Å². The second-order valence-corrected chi connectivity index (χ2v) is 10.7. The molecule has 9 nitrogen and oxygen atoms in total. The Labute approximate surface area is 206 Å². The van der Waals surface area contributed by atoms with Crippen LogP contribution in [0.25, 0.3) is 11.1 Å². The average molecular weight is 502 g/mol. The van der Waals surface area contributed by atoms with Crippen LogP contribution in [0, 0.1) is 17.2 Å². The molecule has 0 unspecified atom stereocenters. The van der Waals surface area contributed by atoms with Gasteiger partial charge in [0, 0.05) is 32.7 Å². The SMILES string of the molecule is COCC(=O)N(C)C[C@H]1Oc2cc(-c3ccc(C#N)cc3)ccc2S(=O)(=O)N([C@@H](C)CO)C[C@@H]1C. The maximum absolute atomic E-state index is 13.6. The highest BCUT2D eigenvalue weighted by Crippen LogP contribution is 2.36. The first kappa shape index (κ1) is 26.6. The minimum atomic E-state index is -3.97. The summed E-state index contributed by atoms with van der Waals surface area (Å²) in [6.45, 7) is 3.47. The van der Waals surface area contributed by atoms with Crippen LogP contribution in [0.15, 0.2) is 47.4 Å². The molecule has 0 aromatic heterocycles. The number of nitrogens with zero attached hydrogens (tertiary/aromatic N) is 3. The van der Waals surface area contributed by atoms with E-state index >= 15 is 0 Å². The number of rotatable bonds is 7. The summed E-state index contributed by atoms with van der Waals surface area (Å²) in [6, 6.07) is 13.3. The third kappa shape index (κ3) is 5.82. The smallest absolute Gasteiger partial charge is 0.248 e. The number of aliphatic hydroxyl groups excluding tert-OH is 1. The zero-order valence-electron chi connectivity index (χ0n) is 20.3. The molecular formula is C25H31N3O6S. The largest absolute Gasteiger partial charge is 0.487 e. The maximum Gasteiger partial charge on any atom is 0.248 e. The van der Waals surface area contributed by atoms with Gasteiger partial charge >= 0.3 is 0 Å². The van der Waals surface area contributed by atoms with Gasteiger partial charge in [0.1, 0.15) is 23.4 Å². The lowest BCUT2D eigenvalue weighted by molar-refractivity contribution is -0.135. The highest BCUT2D eigenvalue weighted by Gasteiger charge is 2.38. The summed E-state index contributed by atoms with van der Waals surface area (Å²) in [4.78, 5) is 13.8. The molecular weight excluding hydrogens is 470 g/mol. The van der Waals surface area contributed by atoms with Crippen LogP contribution in [0.3, 0.4) is 0 Å². The van der Waals surface area contributed by atoms with Crippen molar-refractivity contribution in [2.24, 2.45) is 5.92 Å². The van der Waals surface area contributed by atoms with E-state index in [1.165, 1.54) is 22.4 Å². The van der Waals surface area contributed by atoms with Gasteiger partial charge in [-0.05, 0) is 42.3 Å². The first-order valence-corrected chi connectivity index (χ1v) is 12.7. The van der Waals surface area contributed by atoms with Crippen molar-refractivity contribution in [2.45, 2.75) is 30.9 Å². The summed E-state index contributed by atoms with van der Waals surface area (Å²) in [7, 11) is -0.876. The molecule has 0 fully saturated rings. The van der Waals surface area contributed by atoms with E-state index in [0.29, 0.717) is 5.56 Å². The molecule has 0 spiro atoms. The topological polar surface area (TPSA) is 120 Å². The number of fused-ring (bicyclic) bond motifs is 1. The van der Waals surface area contributed by atoms with E-state index in [1.807, 2.05) is 6.92 Å². The number of benzene rings is 2. The fraction of sp³-hybridized carbons (Fsp3) is 0.440. The molecule has 3 rings (SSSR count). The third-order valence-corrected chi connectivity index (χ3v) is 8.18. The summed E-state index contributed by atoms with van der Waals surface area (Å²) < 4.78 is 39.7. The number of hydrogen-bond acceptors (Lipinski definition) is 7. The molecule has 1 aliphatic rings. The average Bonchev–Trinajstić information content (AvgIpc) is 2.85. The van der Waals surface area contributed by atoms with Crippen molar-refractivity contribution in [1.82, 2.24) is 9.21 Å². The molecule has 2 aromatic carbocycles. The predicted molar refractivity (Wildman–Crippen MR) is 130 cm³/mol. The molecule has 1 heterocycles. The molecule has 188 valence electrons. The number of likely N-dealkylation sites (N-methyl/N-ethyl adjacent to an activating group) is 1. The van der Waals surface area contributed by atoms with Crippen LogP contribution in [-0.4, -0.2) is 81.2 Å². The van der Waals surface area contributed by atoms with E-state index in [4.69, 9.17) is 14.7 Å². The van der Waals surface area contributed by atoms with Crippen molar-refractivity contribution in [2.75, 3.05) is 40.5 Å². The number of aliphatic hydroxyl groups is 1. The zero-order chi connectivity index (χ0) is 25.8. The van der Waals surface area contributed by atoms with Crippen molar-refractivity contribution >= 4 is 15.9 Å². The van der Waals surface area contributed by atoms with Crippen LogP contribution >= 0.6 is 0 Å². The van der Waals surface area contributed by atoms with Crippen LogP contribution in [-0.2, 0) is 19.6 Å². The second-order valence-electron chi connectivity index (χ2n) is 8.80. The molecule has 35 heavy (non-hydrogen) atoms. The summed E-state index contributed by atoms with van der Waals surface area (Å²) in [5.41, 5.74) is 2.04. The van der Waals surface area contributed by atoms with Crippen LogP contribution in [0.2, 0.25) is 0 Å². The van der Waals surface area contributed by atoms with Gasteiger partial charge in [-0.25, -0.2) is 8.42 Å². The normalized spacial score (nSPS) is 20.5. The summed E-state index contributed by atoms with van der Waals surface area (Å²) in [5, 5.41) is 18.8. The molecule has 2 aromatic rings. The number of amides is 1. The molecule has 0 saturated carbocycles. The first-order chi connectivity index (χ1) is 16.6. The van der Waals surface area contributed by atoms with Crippen molar-refractivity contribution in [3.63, 3.8) is 0 Å². The fourth-order valence-corrected chi connectivity index (χ4v) is 5.79. The molecule has 3 atom stereocenters. The standard InChI is InChI=1S/C25H31N3O6S/c1-17-13-28(18(2)15-29)35(31,32)24-10-9-21(20-7-5-19(12-26)6-8-20)11-22(24)34-23(17)14-27(3)25(30)16-33-4/h5-11,17-18,23,29H,13-16H2,1-4H3/t17-,18-,23+/m0/s1. The molecule has 1 N–H and O–H groups in total. The number of ether oxygens (including phenoxy) is 2.